The van der Waals surface area contributed by atoms with E-state index in [1.54, 1.807) is 20.8 Å². The van der Waals surface area contributed by atoms with Crippen LogP contribution in [0.3, 0.4) is 0 Å². The molecule has 11 heteroatoms. The molecule has 1 aromatic carbocycles. The Morgan fingerprint density at radius 3 is 2.21 bits per heavy atom. The van der Waals surface area contributed by atoms with Crippen LogP contribution >= 0.6 is 34.9 Å². The first kappa shape index (κ1) is 24.3. The van der Waals surface area contributed by atoms with Crippen molar-refractivity contribution < 1.29 is 36.3 Å². The van der Waals surface area contributed by atoms with Gasteiger partial charge in [-0.2, -0.15) is 8.78 Å². The minimum atomic E-state index is -4.87. The molecule has 0 atom stereocenters. The zero-order valence-electron chi connectivity index (χ0n) is 16.5. The molecular formula is C18H21BrF3O5PS. The Kier molecular flexibility index (Phi) is 7.28. The number of esters is 1. The number of carbonyl (C=O) groups is 1. The Morgan fingerprint density at radius 1 is 1.17 bits per heavy atom. The zero-order chi connectivity index (χ0) is 22.2. The van der Waals surface area contributed by atoms with E-state index in [2.05, 4.69) is 15.9 Å². The van der Waals surface area contributed by atoms with Gasteiger partial charge in [-0.25, -0.2) is 9.18 Å². The molecule has 0 aliphatic rings. The number of rotatable bonds is 7. The highest BCUT2D eigenvalue weighted by Crippen LogP contribution is 2.69. The maximum Gasteiger partial charge on any atom is 0.405 e. The molecule has 1 heterocycles. The average molecular weight is 517 g/mol. The van der Waals surface area contributed by atoms with Crippen LogP contribution in [0.25, 0.3) is 10.1 Å². The van der Waals surface area contributed by atoms with Crippen LogP contribution in [-0.2, 0) is 24.0 Å². The number of fused-ring (bicyclic) bond motifs is 1. The molecule has 5 nitrogen and oxygen atoms in total. The molecule has 2 rings (SSSR count). The van der Waals surface area contributed by atoms with Gasteiger partial charge in [-0.05, 0) is 62.7 Å². The summed E-state index contributed by atoms with van der Waals surface area (Å²) in [4.78, 5) is 11.6. The fourth-order valence-electron chi connectivity index (χ4n) is 2.44. The van der Waals surface area contributed by atoms with Crippen molar-refractivity contribution in [3.8, 4) is 0 Å². The Bertz CT molecular complexity index is 961. The lowest BCUT2D eigenvalue weighted by Gasteiger charge is -2.25. The van der Waals surface area contributed by atoms with Crippen LogP contribution in [0.1, 0.15) is 49.9 Å². The predicted molar refractivity (Wildman–Crippen MR) is 109 cm³/mol. The molecule has 0 N–H and O–H groups in total. The number of halogens is 4. The fourth-order valence-corrected chi connectivity index (χ4v) is 6.40. The van der Waals surface area contributed by atoms with Gasteiger partial charge in [-0.3, -0.25) is 4.57 Å². The highest BCUT2D eigenvalue weighted by atomic mass is 79.9. The molecule has 0 saturated heterocycles. The third-order valence-electron chi connectivity index (χ3n) is 3.53. The zero-order valence-corrected chi connectivity index (χ0v) is 19.8. The van der Waals surface area contributed by atoms with Gasteiger partial charge >= 0.3 is 19.2 Å². The molecule has 162 valence electrons. The third kappa shape index (κ3) is 4.88. The molecule has 0 radical (unpaired) electrons. The lowest BCUT2D eigenvalue weighted by Crippen LogP contribution is -2.23. The van der Waals surface area contributed by atoms with Crippen molar-refractivity contribution in [2.75, 3.05) is 13.2 Å². The maximum absolute atomic E-state index is 15.1. The monoisotopic (exact) mass is 516 g/mol. The second kappa shape index (κ2) is 8.67. The number of hydrogen-bond donors (Lipinski definition) is 0. The Morgan fingerprint density at radius 2 is 1.72 bits per heavy atom. The van der Waals surface area contributed by atoms with E-state index in [1.807, 2.05) is 0 Å². The van der Waals surface area contributed by atoms with Gasteiger partial charge < -0.3 is 13.8 Å². The average Bonchev–Trinajstić information content (AvgIpc) is 2.92. The number of ether oxygens (including phenoxy) is 1. The summed E-state index contributed by atoms with van der Waals surface area (Å²) in [6.07, 6.45) is 0. The highest BCUT2D eigenvalue weighted by Gasteiger charge is 2.57. The van der Waals surface area contributed by atoms with Gasteiger partial charge in [0.1, 0.15) is 16.3 Å². The smallest absolute Gasteiger partial charge is 0.405 e. The molecule has 0 aliphatic carbocycles. The largest absolute Gasteiger partial charge is 0.456 e. The van der Waals surface area contributed by atoms with Crippen LogP contribution in [0.5, 0.6) is 0 Å². The summed E-state index contributed by atoms with van der Waals surface area (Å²) in [5, 5.41) is 0.0325. The van der Waals surface area contributed by atoms with Crippen molar-refractivity contribution in [3.63, 3.8) is 0 Å². The fraction of sp³-hybridized carbons (Fsp3) is 0.500. The van der Waals surface area contributed by atoms with E-state index in [1.165, 1.54) is 19.9 Å². The molecular weight excluding hydrogens is 496 g/mol. The van der Waals surface area contributed by atoms with Crippen molar-refractivity contribution in [2.45, 2.75) is 45.9 Å². The minimum absolute atomic E-state index is 0.0325. The van der Waals surface area contributed by atoms with Gasteiger partial charge in [0.05, 0.1) is 23.5 Å². The summed E-state index contributed by atoms with van der Waals surface area (Å²) in [6.45, 7) is 7.26. The number of thiophene rings is 1. The molecule has 0 amide bonds. The van der Waals surface area contributed by atoms with Gasteiger partial charge in [0.2, 0.25) is 0 Å². The van der Waals surface area contributed by atoms with Crippen LogP contribution in [0, 0.1) is 5.82 Å². The van der Waals surface area contributed by atoms with Crippen LogP contribution < -0.4 is 0 Å². The SMILES string of the molecule is CCOP(=O)(OCC)C(F)(F)c1sc2c(F)cc(C(=O)OC(C)(C)C)cc2c1Br. The van der Waals surface area contributed by atoms with E-state index < -0.39 is 35.5 Å². The summed E-state index contributed by atoms with van der Waals surface area (Å²) in [5.41, 5.74) is -4.97. The van der Waals surface area contributed by atoms with Gasteiger partial charge in [0, 0.05) is 9.86 Å². The normalized spacial score (nSPS) is 13.1. The second-order valence-electron chi connectivity index (χ2n) is 6.96. The molecule has 29 heavy (non-hydrogen) atoms. The molecule has 1 aromatic heterocycles. The minimum Gasteiger partial charge on any atom is -0.456 e. The lowest BCUT2D eigenvalue weighted by atomic mass is 10.1. The van der Waals surface area contributed by atoms with Crippen LogP contribution in [-0.4, -0.2) is 24.8 Å². The molecule has 0 bridgehead atoms. The summed E-state index contributed by atoms with van der Waals surface area (Å²) < 4.78 is 72.1. The molecule has 0 unspecified atom stereocenters. The van der Waals surface area contributed by atoms with Crippen LogP contribution in [0.2, 0.25) is 0 Å². The van der Waals surface area contributed by atoms with Crippen LogP contribution in [0.15, 0.2) is 16.6 Å². The molecule has 2 aromatic rings. The first-order chi connectivity index (χ1) is 13.3. The summed E-state index contributed by atoms with van der Waals surface area (Å²) >= 11 is 3.45. The van der Waals surface area contributed by atoms with Gasteiger partial charge in [-0.1, -0.05) is 0 Å². The quantitative estimate of drug-likeness (QED) is 0.290. The topological polar surface area (TPSA) is 61.8 Å². The van der Waals surface area contributed by atoms with Crippen molar-refractivity contribution in [1.82, 2.24) is 0 Å². The number of hydrogen-bond acceptors (Lipinski definition) is 6. The lowest BCUT2D eigenvalue weighted by molar-refractivity contribution is 0.00691. The summed E-state index contributed by atoms with van der Waals surface area (Å²) in [5.74, 6) is -1.67. The summed E-state index contributed by atoms with van der Waals surface area (Å²) in [6, 6.07) is 2.17. The maximum atomic E-state index is 15.1. The van der Waals surface area contributed by atoms with E-state index >= 15 is 8.78 Å². The van der Waals surface area contributed by atoms with Crippen molar-refractivity contribution >= 4 is 50.9 Å². The van der Waals surface area contributed by atoms with Crippen molar-refractivity contribution in [1.29, 1.82) is 0 Å². The van der Waals surface area contributed by atoms with Gasteiger partial charge in [0.25, 0.3) is 0 Å². The molecule has 0 aliphatic heterocycles. The van der Waals surface area contributed by atoms with E-state index in [0.717, 1.165) is 6.07 Å². The van der Waals surface area contributed by atoms with Crippen LogP contribution in [0.4, 0.5) is 13.2 Å². The predicted octanol–water partition coefficient (Wildman–Crippen LogP) is 7.07. The van der Waals surface area contributed by atoms with E-state index in [-0.39, 0.29) is 33.3 Å². The molecule has 0 saturated carbocycles. The van der Waals surface area contributed by atoms with E-state index in [9.17, 15) is 13.8 Å². The summed E-state index contributed by atoms with van der Waals surface area (Å²) in [7, 11) is -4.87. The standard InChI is InChI=1S/C18H21BrF3O5PS/c1-6-25-28(24,26-7-2)18(21,22)15-13(19)11-8-10(9-12(20)14(11)29-15)16(23)27-17(3,4)5/h8-9H,6-7H2,1-5H3. The van der Waals surface area contributed by atoms with Crippen molar-refractivity contribution in [2.24, 2.45) is 0 Å². The Labute approximate surface area is 179 Å². The Hall–Kier alpha value is -0.930. The first-order valence-corrected chi connectivity index (χ1v) is 11.8. The van der Waals surface area contributed by atoms with E-state index in [4.69, 9.17) is 13.8 Å². The van der Waals surface area contributed by atoms with E-state index in [0.29, 0.717) is 11.3 Å². The van der Waals surface area contributed by atoms with Crippen molar-refractivity contribution in [3.05, 3.63) is 32.9 Å². The van der Waals surface area contributed by atoms with Gasteiger partial charge in [-0.15, -0.1) is 11.3 Å². The number of alkyl halides is 2. The number of carbonyl (C=O) groups excluding carboxylic acids is 1. The third-order valence-corrected chi connectivity index (χ3v) is 8.16. The molecule has 0 spiro atoms. The highest BCUT2D eigenvalue weighted by molar-refractivity contribution is 9.10. The molecule has 0 fully saturated rings. The first-order valence-electron chi connectivity index (χ1n) is 8.69. The van der Waals surface area contributed by atoms with Gasteiger partial charge in [0.15, 0.2) is 0 Å². The number of benzene rings is 1. The second-order valence-corrected chi connectivity index (χ2v) is 10.8. The Balaban J connectivity index is 2.63.